The molecule has 5 nitrogen and oxygen atoms in total. The predicted octanol–water partition coefficient (Wildman–Crippen LogP) is 4.83. The molecule has 140 valence electrons. The summed E-state index contributed by atoms with van der Waals surface area (Å²) in [4.78, 5) is 31.5. The molecule has 0 bridgehead atoms. The molecule has 0 aliphatic carbocycles. The molecule has 0 unspecified atom stereocenters. The fourth-order valence-electron chi connectivity index (χ4n) is 2.55. The lowest BCUT2D eigenvalue weighted by Crippen LogP contribution is -2.30. The Kier molecular flexibility index (Phi) is 5.27. The van der Waals surface area contributed by atoms with Gasteiger partial charge in [-0.25, -0.2) is 4.79 Å². The standard InChI is InChI=1S/C20H18Cl2N2O3/c1-20(2,3)19(26)27-23-17-13-6-4-5-7-16(13)24(18(17)25)11-12-8-9-14(21)15(22)10-12/h4-10H,11H2,1-3H3/b23-17-. The molecule has 1 amide bonds. The van der Waals surface area contributed by atoms with Crippen LogP contribution in [0.1, 0.15) is 31.9 Å². The van der Waals surface area contributed by atoms with Crippen LogP contribution in [0.25, 0.3) is 0 Å². The molecule has 0 N–H and O–H groups in total. The summed E-state index contributed by atoms with van der Waals surface area (Å²) >= 11 is 12.0. The minimum atomic E-state index is -0.717. The zero-order valence-electron chi connectivity index (χ0n) is 15.1. The van der Waals surface area contributed by atoms with Crippen LogP contribution >= 0.6 is 23.2 Å². The number of fused-ring (bicyclic) bond motifs is 1. The molecule has 0 atom stereocenters. The molecule has 1 aliphatic rings. The molecule has 7 heteroatoms. The number of carbonyl (C=O) groups excluding carboxylic acids is 2. The minimum Gasteiger partial charge on any atom is -0.317 e. The number of rotatable bonds is 3. The maximum atomic E-state index is 12.9. The Morgan fingerprint density at radius 3 is 2.48 bits per heavy atom. The Morgan fingerprint density at radius 2 is 1.81 bits per heavy atom. The van der Waals surface area contributed by atoms with Gasteiger partial charge in [0.15, 0.2) is 5.71 Å². The van der Waals surface area contributed by atoms with Gasteiger partial charge in [0.2, 0.25) is 0 Å². The second-order valence-corrected chi connectivity index (χ2v) is 8.04. The van der Waals surface area contributed by atoms with Gasteiger partial charge in [0, 0.05) is 5.56 Å². The van der Waals surface area contributed by atoms with Crippen molar-refractivity contribution in [2.24, 2.45) is 10.6 Å². The lowest BCUT2D eigenvalue weighted by atomic mass is 9.98. The molecule has 2 aromatic rings. The number of benzene rings is 2. The summed E-state index contributed by atoms with van der Waals surface area (Å²) in [5, 5.41) is 4.73. The summed E-state index contributed by atoms with van der Waals surface area (Å²) < 4.78 is 0. The minimum absolute atomic E-state index is 0.100. The van der Waals surface area contributed by atoms with Crippen molar-refractivity contribution in [3.63, 3.8) is 0 Å². The van der Waals surface area contributed by atoms with Gasteiger partial charge >= 0.3 is 5.97 Å². The summed E-state index contributed by atoms with van der Waals surface area (Å²) in [5.74, 6) is -0.854. The smallest absolute Gasteiger partial charge is 0.317 e. The van der Waals surface area contributed by atoms with Crippen LogP contribution in [-0.4, -0.2) is 17.6 Å². The van der Waals surface area contributed by atoms with E-state index in [0.717, 1.165) is 5.56 Å². The Balaban J connectivity index is 1.92. The van der Waals surface area contributed by atoms with Crippen LogP contribution in [0.4, 0.5) is 5.69 Å². The van der Waals surface area contributed by atoms with Crippen LogP contribution < -0.4 is 4.90 Å². The molecular weight excluding hydrogens is 387 g/mol. The number of carbonyl (C=O) groups is 2. The zero-order valence-corrected chi connectivity index (χ0v) is 16.6. The summed E-state index contributed by atoms with van der Waals surface area (Å²) in [6.45, 7) is 5.45. The normalized spacial score (nSPS) is 15.2. The maximum Gasteiger partial charge on any atom is 0.340 e. The Hall–Kier alpha value is -2.37. The summed E-state index contributed by atoms with van der Waals surface area (Å²) in [6, 6.07) is 12.4. The number of halogens is 2. The molecule has 3 rings (SSSR count). The molecule has 0 fully saturated rings. The highest BCUT2D eigenvalue weighted by molar-refractivity contribution is 6.54. The van der Waals surface area contributed by atoms with Crippen LogP contribution in [0.3, 0.4) is 0 Å². The lowest BCUT2D eigenvalue weighted by molar-refractivity contribution is -0.152. The second-order valence-electron chi connectivity index (χ2n) is 7.23. The largest absolute Gasteiger partial charge is 0.340 e. The first kappa shape index (κ1) is 19.4. The third-order valence-corrected chi connectivity index (χ3v) is 4.79. The Labute approximate surface area is 167 Å². The SMILES string of the molecule is CC(C)(C)C(=O)O/N=C1\C(=O)N(Cc2ccc(Cl)c(Cl)c2)c2ccccc21. The quantitative estimate of drug-likeness (QED) is 0.543. The van der Waals surface area contributed by atoms with Crippen LogP contribution in [-0.2, 0) is 21.0 Å². The van der Waals surface area contributed by atoms with E-state index in [1.165, 1.54) is 0 Å². The highest BCUT2D eigenvalue weighted by Gasteiger charge is 2.35. The molecule has 0 aromatic heterocycles. The van der Waals surface area contributed by atoms with Gasteiger partial charge < -0.3 is 9.74 Å². The molecule has 0 spiro atoms. The van der Waals surface area contributed by atoms with Gasteiger partial charge in [-0.15, -0.1) is 0 Å². The predicted molar refractivity (Wildman–Crippen MR) is 106 cm³/mol. The van der Waals surface area contributed by atoms with Crippen molar-refractivity contribution in [2.45, 2.75) is 27.3 Å². The average molecular weight is 405 g/mol. The first-order valence-corrected chi connectivity index (χ1v) is 9.08. The van der Waals surface area contributed by atoms with Crippen LogP contribution in [0.15, 0.2) is 47.6 Å². The topological polar surface area (TPSA) is 59.0 Å². The van der Waals surface area contributed by atoms with Crippen LogP contribution in [0.2, 0.25) is 10.0 Å². The van der Waals surface area contributed by atoms with E-state index in [4.69, 9.17) is 28.0 Å². The van der Waals surface area contributed by atoms with Gasteiger partial charge in [0.25, 0.3) is 5.91 Å². The number of anilines is 1. The van der Waals surface area contributed by atoms with Crippen molar-refractivity contribution in [2.75, 3.05) is 4.90 Å². The monoisotopic (exact) mass is 404 g/mol. The molecule has 1 aliphatic heterocycles. The fraction of sp³-hybridized carbons (Fsp3) is 0.250. The van der Waals surface area contributed by atoms with Crippen molar-refractivity contribution in [1.29, 1.82) is 0 Å². The van der Waals surface area contributed by atoms with Crippen LogP contribution in [0, 0.1) is 5.41 Å². The third kappa shape index (κ3) is 3.99. The Bertz CT molecular complexity index is 948. The highest BCUT2D eigenvalue weighted by atomic mass is 35.5. The second kappa shape index (κ2) is 7.33. The molecule has 0 saturated carbocycles. The van der Waals surface area contributed by atoms with Crippen LogP contribution in [0.5, 0.6) is 0 Å². The van der Waals surface area contributed by atoms with Crippen molar-refractivity contribution < 1.29 is 14.4 Å². The van der Waals surface area contributed by atoms with Gasteiger partial charge in [-0.05, 0) is 44.5 Å². The van der Waals surface area contributed by atoms with E-state index in [1.807, 2.05) is 12.1 Å². The van der Waals surface area contributed by atoms with E-state index in [9.17, 15) is 9.59 Å². The van der Waals surface area contributed by atoms with Gasteiger partial charge in [-0.3, -0.25) is 4.79 Å². The number of nitrogens with zero attached hydrogens (tertiary/aromatic N) is 2. The fourth-order valence-corrected chi connectivity index (χ4v) is 2.87. The van der Waals surface area contributed by atoms with E-state index in [1.54, 1.807) is 56.0 Å². The zero-order chi connectivity index (χ0) is 19.8. The molecule has 27 heavy (non-hydrogen) atoms. The third-order valence-electron chi connectivity index (χ3n) is 4.05. The van der Waals surface area contributed by atoms with Gasteiger partial charge in [-0.1, -0.05) is 52.6 Å². The van der Waals surface area contributed by atoms with E-state index >= 15 is 0 Å². The molecule has 0 saturated heterocycles. The highest BCUT2D eigenvalue weighted by Crippen LogP contribution is 2.32. The molecular formula is C20H18Cl2N2O3. The molecule has 0 radical (unpaired) electrons. The number of hydrogen-bond acceptors (Lipinski definition) is 4. The summed E-state index contributed by atoms with van der Waals surface area (Å²) in [7, 11) is 0. The average Bonchev–Trinajstić information content (AvgIpc) is 2.87. The molecule has 1 heterocycles. The molecule has 2 aromatic carbocycles. The number of oxime groups is 1. The first-order chi connectivity index (χ1) is 12.7. The first-order valence-electron chi connectivity index (χ1n) is 8.33. The van der Waals surface area contributed by atoms with Gasteiger partial charge in [-0.2, -0.15) is 0 Å². The van der Waals surface area contributed by atoms with Crippen molar-refractivity contribution >= 4 is 46.5 Å². The van der Waals surface area contributed by atoms with E-state index in [-0.39, 0.29) is 11.6 Å². The Morgan fingerprint density at radius 1 is 1.11 bits per heavy atom. The summed E-state index contributed by atoms with van der Waals surface area (Å²) in [5.41, 5.74) is 1.51. The number of para-hydroxylation sites is 1. The van der Waals surface area contributed by atoms with Crippen molar-refractivity contribution in [3.8, 4) is 0 Å². The summed E-state index contributed by atoms with van der Waals surface area (Å²) in [6.07, 6.45) is 0. The lowest BCUT2D eigenvalue weighted by Gasteiger charge is -2.17. The van der Waals surface area contributed by atoms with E-state index < -0.39 is 11.4 Å². The van der Waals surface area contributed by atoms with Gasteiger partial charge in [0.1, 0.15) is 0 Å². The maximum absolute atomic E-state index is 12.9. The van der Waals surface area contributed by atoms with E-state index in [2.05, 4.69) is 5.16 Å². The van der Waals surface area contributed by atoms with E-state index in [0.29, 0.717) is 27.8 Å². The number of amides is 1. The van der Waals surface area contributed by atoms with Gasteiger partial charge in [0.05, 0.1) is 27.7 Å². The number of hydrogen-bond donors (Lipinski definition) is 0. The van der Waals surface area contributed by atoms with Crippen molar-refractivity contribution in [1.82, 2.24) is 0 Å². The van der Waals surface area contributed by atoms with Crippen molar-refractivity contribution in [3.05, 3.63) is 63.6 Å².